The Morgan fingerprint density at radius 1 is 1.36 bits per heavy atom. The normalized spacial score (nSPS) is 13.6. The molecular weight excluding hydrogens is 300 g/mol. The number of hydrogen-bond donors (Lipinski definition) is 0. The smallest absolute Gasteiger partial charge is 0.238 e. The minimum atomic E-state index is -1.34. The summed E-state index contributed by atoms with van der Waals surface area (Å²) in [7, 11) is 0.388. The minimum absolute atomic E-state index is 0.140. The molecule has 0 fully saturated rings. The van der Waals surface area contributed by atoms with Crippen molar-refractivity contribution in [3.8, 4) is 0 Å². The maximum absolute atomic E-state index is 12.4. The van der Waals surface area contributed by atoms with Gasteiger partial charge in [0.05, 0.1) is 11.4 Å². The van der Waals surface area contributed by atoms with E-state index in [-0.39, 0.29) is 11.7 Å². The Balaban J connectivity index is 1.94. The lowest BCUT2D eigenvalue weighted by atomic mass is 10.2. The third-order valence-corrected chi connectivity index (χ3v) is 4.90. The molecule has 2 aromatic rings. The molecule has 6 heteroatoms. The minimum Gasteiger partial charge on any atom is -0.360 e. The molecule has 118 valence electrons. The summed E-state index contributed by atoms with van der Waals surface area (Å²) < 4.78 is 17.3. The molecular formula is C16H20N2O3S. The summed E-state index contributed by atoms with van der Waals surface area (Å²) >= 11 is 0. The Labute approximate surface area is 132 Å². The summed E-state index contributed by atoms with van der Waals surface area (Å²) in [5, 5.41) is 3.18. The van der Waals surface area contributed by atoms with Gasteiger partial charge in [0.1, 0.15) is 11.0 Å². The standard InChI is InChI=1S/C16H20N2O3S/c1-12-9-15(21-17-12)11-22(20)13(2)16(19)18(3)10-14-7-5-4-6-8-14/h4-9,13H,10-11H2,1-3H3. The first-order valence-corrected chi connectivity index (χ1v) is 8.44. The average Bonchev–Trinajstić information content (AvgIpc) is 2.91. The number of carbonyl (C=O) groups is 1. The van der Waals surface area contributed by atoms with Crippen LogP contribution in [0.4, 0.5) is 0 Å². The van der Waals surface area contributed by atoms with Crippen molar-refractivity contribution in [1.82, 2.24) is 10.1 Å². The van der Waals surface area contributed by atoms with Crippen molar-refractivity contribution < 1.29 is 13.5 Å². The van der Waals surface area contributed by atoms with Gasteiger partial charge in [-0.1, -0.05) is 35.5 Å². The van der Waals surface area contributed by atoms with Crippen molar-refractivity contribution in [2.45, 2.75) is 31.4 Å². The van der Waals surface area contributed by atoms with E-state index in [2.05, 4.69) is 5.16 Å². The maximum Gasteiger partial charge on any atom is 0.238 e. The molecule has 0 aliphatic carbocycles. The summed E-state index contributed by atoms with van der Waals surface area (Å²) in [5.74, 6) is 0.604. The lowest BCUT2D eigenvalue weighted by Crippen LogP contribution is -2.37. The third kappa shape index (κ3) is 4.27. The highest BCUT2D eigenvalue weighted by Gasteiger charge is 2.24. The van der Waals surface area contributed by atoms with E-state index < -0.39 is 16.0 Å². The van der Waals surface area contributed by atoms with Crippen LogP contribution in [-0.2, 0) is 27.9 Å². The van der Waals surface area contributed by atoms with Crippen molar-refractivity contribution in [1.29, 1.82) is 0 Å². The van der Waals surface area contributed by atoms with Crippen molar-refractivity contribution in [3.05, 3.63) is 53.4 Å². The van der Waals surface area contributed by atoms with Gasteiger partial charge in [-0.25, -0.2) is 0 Å². The predicted molar refractivity (Wildman–Crippen MR) is 85.5 cm³/mol. The molecule has 0 saturated carbocycles. The van der Waals surface area contributed by atoms with Crippen LogP contribution in [0.3, 0.4) is 0 Å². The van der Waals surface area contributed by atoms with Crippen molar-refractivity contribution in [2.24, 2.45) is 0 Å². The average molecular weight is 320 g/mol. The Morgan fingerprint density at radius 3 is 2.64 bits per heavy atom. The molecule has 0 saturated heterocycles. The highest BCUT2D eigenvalue weighted by atomic mass is 32.2. The van der Waals surface area contributed by atoms with Gasteiger partial charge in [-0.15, -0.1) is 0 Å². The highest BCUT2D eigenvalue weighted by Crippen LogP contribution is 2.12. The first kappa shape index (κ1) is 16.4. The number of aromatic nitrogens is 1. The lowest BCUT2D eigenvalue weighted by Gasteiger charge is -2.21. The molecule has 0 N–H and O–H groups in total. The molecule has 1 aromatic carbocycles. The van der Waals surface area contributed by atoms with Crippen LogP contribution in [0.5, 0.6) is 0 Å². The fourth-order valence-electron chi connectivity index (χ4n) is 2.11. The van der Waals surface area contributed by atoms with E-state index in [1.807, 2.05) is 30.3 Å². The van der Waals surface area contributed by atoms with E-state index in [0.29, 0.717) is 12.3 Å². The predicted octanol–water partition coefficient (Wildman–Crippen LogP) is 2.28. The topological polar surface area (TPSA) is 63.4 Å². The quantitative estimate of drug-likeness (QED) is 0.819. The maximum atomic E-state index is 12.4. The Kier molecular flexibility index (Phi) is 5.49. The van der Waals surface area contributed by atoms with Crippen LogP contribution in [0.15, 0.2) is 40.9 Å². The SMILES string of the molecule is Cc1cc(CS(=O)C(C)C(=O)N(C)Cc2ccccc2)on1. The molecule has 1 aromatic heterocycles. The van der Waals surface area contributed by atoms with Crippen LogP contribution in [-0.4, -0.2) is 32.5 Å². The van der Waals surface area contributed by atoms with Gasteiger partial charge in [0.25, 0.3) is 0 Å². The van der Waals surface area contributed by atoms with Gasteiger partial charge in [-0.05, 0) is 19.4 Å². The van der Waals surface area contributed by atoms with Crippen LogP contribution in [0.2, 0.25) is 0 Å². The summed E-state index contributed by atoms with van der Waals surface area (Å²) in [6, 6.07) is 11.5. The molecule has 0 spiro atoms. The zero-order valence-electron chi connectivity index (χ0n) is 13.0. The number of nitrogens with zero attached hydrogens (tertiary/aromatic N) is 2. The third-order valence-electron chi connectivity index (χ3n) is 3.34. The van der Waals surface area contributed by atoms with Crippen LogP contribution in [0.1, 0.15) is 23.9 Å². The Hall–Kier alpha value is -1.95. The Morgan fingerprint density at radius 2 is 2.05 bits per heavy atom. The molecule has 22 heavy (non-hydrogen) atoms. The second-order valence-corrected chi connectivity index (χ2v) is 7.04. The molecule has 1 heterocycles. The zero-order chi connectivity index (χ0) is 16.1. The number of carbonyl (C=O) groups excluding carboxylic acids is 1. The van der Waals surface area contributed by atoms with Gasteiger partial charge in [-0.3, -0.25) is 9.00 Å². The number of rotatable bonds is 6. The van der Waals surface area contributed by atoms with E-state index in [0.717, 1.165) is 11.3 Å². The van der Waals surface area contributed by atoms with E-state index in [1.54, 1.807) is 31.9 Å². The second-order valence-electron chi connectivity index (χ2n) is 5.28. The van der Waals surface area contributed by atoms with E-state index in [1.165, 1.54) is 0 Å². The molecule has 2 unspecified atom stereocenters. The van der Waals surface area contributed by atoms with E-state index in [4.69, 9.17) is 4.52 Å². The van der Waals surface area contributed by atoms with Gasteiger partial charge >= 0.3 is 0 Å². The molecule has 2 atom stereocenters. The number of benzene rings is 1. The van der Waals surface area contributed by atoms with Crippen molar-refractivity contribution in [2.75, 3.05) is 7.05 Å². The molecule has 0 bridgehead atoms. The zero-order valence-corrected chi connectivity index (χ0v) is 13.8. The number of amides is 1. The summed E-state index contributed by atoms with van der Waals surface area (Å²) in [6.45, 7) is 3.99. The molecule has 2 rings (SSSR count). The number of aryl methyl sites for hydroxylation is 1. The van der Waals surface area contributed by atoms with E-state index >= 15 is 0 Å². The largest absolute Gasteiger partial charge is 0.360 e. The van der Waals surface area contributed by atoms with Crippen molar-refractivity contribution in [3.63, 3.8) is 0 Å². The first-order valence-electron chi connectivity index (χ1n) is 7.05. The fourth-order valence-corrected chi connectivity index (χ4v) is 3.18. The van der Waals surface area contributed by atoms with Crippen LogP contribution in [0, 0.1) is 6.92 Å². The van der Waals surface area contributed by atoms with Gasteiger partial charge in [-0.2, -0.15) is 0 Å². The summed E-state index contributed by atoms with van der Waals surface area (Å²) in [6.07, 6.45) is 0. The molecule has 5 nitrogen and oxygen atoms in total. The van der Waals surface area contributed by atoms with E-state index in [9.17, 15) is 9.00 Å². The first-order chi connectivity index (χ1) is 10.5. The van der Waals surface area contributed by atoms with Gasteiger partial charge < -0.3 is 9.42 Å². The molecule has 0 radical (unpaired) electrons. The monoisotopic (exact) mass is 320 g/mol. The summed E-state index contributed by atoms with van der Waals surface area (Å²) in [5.41, 5.74) is 1.79. The highest BCUT2D eigenvalue weighted by molar-refractivity contribution is 7.85. The van der Waals surface area contributed by atoms with Crippen molar-refractivity contribution >= 4 is 16.7 Å². The van der Waals surface area contributed by atoms with Crippen LogP contribution in [0.25, 0.3) is 0 Å². The number of hydrogen-bond acceptors (Lipinski definition) is 4. The molecule has 1 amide bonds. The second kappa shape index (κ2) is 7.35. The lowest BCUT2D eigenvalue weighted by molar-refractivity contribution is -0.129. The van der Waals surface area contributed by atoms with Gasteiger partial charge in [0, 0.05) is 30.5 Å². The van der Waals surface area contributed by atoms with Gasteiger partial charge in [0.2, 0.25) is 5.91 Å². The Bertz CT molecular complexity index is 654. The fraction of sp³-hybridized carbons (Fsp3) is 0.375. The molecule has 0 aliphatic rings. The van der Waals surface area contributed by atoms with Gasteiger partial charge in [0.15, 0.2) is 0 Å². The van der Waals surface area contributed by atoms with Crippen LogP contribution < -0.4 is 0 Å². The molecule has 0 aliphatic heterocycles. The van der Waals surface area contributed by atoms with Crippen LogP contribution >= 0.6 is 0 Å². The summed E-state index contributed by atoms with van der Waals surface area (Å²) in [4.78, 5) is 14.0.